The number of carbonyl (C=O) groups excluding carboxylic acids is 1. The molecule has 15 heavy (non-hydrogen) atoms. The Morgan fingerprint density at radius 2 is 2.27 bits per heavy atom. The molecule has 0 unspecified atom stereocenters. The lowest BCUT2D eigenvalue weighted by atomic mass is 10.1. The second kappa shape index (κ2) is 4.35. The van der Waals surface area contributed by atoms with Crippen LogP contribution in [-0.2, 0) is 0 Å². The third kappa shape index (κ3) is 3.28. The van der Waals surface area contributed by atoms with Gasteiger partial charge in [-0.3, -0.25) is 4.79 Å². The van der Waals surface area contributed by atoms with Crippen LogP contribution >= 0.6 is 0 Å². The van der Waals surface area contributed by atoms with Crippen molar-refractivity contribution in [1.29, 1.82) is 0 Å². The number of halogens is 1. The molecule has 0 bridgehead atoms. The molecule has 0 radical (unpaired) electrons. The van der Waals surface area contributed by atoms with Gasteiger partial charge in [0.1, 0.15) is 5.69 Å². The fraction of sp³-hybridized carbons (Fsp3) is 0.400. The van der Waals surface area contributed by atoms with Crippen molar-refractivity contribution >= 4 is 5.91 Å². The van der Waals surface area contributed by atoms with Gasteiger partial charge in [0.2, 0.25) is 5.95 Å². The molecular formula is C10H13FN2O2. The molecule has 0 fully saturated rings. The zero-order chi connectivity index (χ0) is 11.5. The number of rotatable bonds is 3. The molecule has 0 spiro atoms. The minimum absolute atomic E-state index is 0.00322. The van der Waals surface area contributed by atoms with E-state index in [-0.39, 0.29) is 12.3 Å². The summed E-state index contributed by atoms with van der Waals surface area (Å²) in [6.07, 6.45) is 0. The highest BCUT2D eigenvalue weighted by atomic mass is 19.1. The van der Waals surface area contributed by atoms with Crippen LogP contribution < -0.4 is 5.32 Å². The van der Waals surface area contributed by atoms with Crippen molar-refractivity contribution in [3.63, 3.8) is 0 Å². The Bertz CT molecular complexity index is 366. The van der Waals surface area contributed by atoms with Gasteiger partial charge in [-0.1, -0.05) is 6.07 Å². The Hall–Kier alpha value is -1.49. The molecule has 1 amide bonds. The first kappa shape index (κ1) is 11.6. The van der Waals surface area contributed by atoms with Crippen LogP contribution in [0.25, 0.3) is 0 Å². The lowest BCUT2D eigenvalue weighted by Crippen LogP contribution is -2.46. The predicted molar refractivity (Wildman–Crippen MR) is 52.8 cm³/mol. The number of pyridine rings is 1. The predicted octanol–water partition coefficient (Wildman–Crippen LogP) is 0.721. The maximum absolute atomic E-state index is 12.7. The summed E-state index contributed by atoms with van der Waals surface area (Å²) in [5.74, 6) is -1.21. The minimum atomic E-state index is -0.745. The first-order valence-electron chi connectivity index (χ1n) is 4.50. The standard InChI is InChI=1S/C10H13FN2O2/c1-10(2,6-14)13-9(15)7-4-3-5-8(11)12-7/h3-5,14H,6H2,1-2H3,(H,13,15). The Balaban J connectivity index is 2.78. The van der Waals surface area contributed by atoms with E-state index in [1.54, 1.807) is 13.8 Å². The third-order valence-electron chi connectivity index (χ3n) is 1.79. The van der Waals surface area contributed by atoms with E-state index in [1.165, 1.54) is 12.1 Å². The Morgan fingerprint density at radius 1 is 1.60 bits per heavy atom. The number of nitrogens with one attached hydrogen (secondary N) is 1. The van der Waals surface area contributed by atoms with Crippen molar-refractivity contribution in [1.82, 2.24) is 10.3 Å². The summed E-state index contributed by atoms with van der Waals surface area (Å²) in [7, 11) is 0. The van der Waals surface area contributed by atoms with Gasteiger partial charge < -0.3 is 10.4 Å². The molecule has 1 aromatic heterocycles. The maximum Gasteiger partial charge on any atom is 0.270 e. The van der Waals surface area contributed by atoms with E-state index in [0.717, 1.165) is 6.07 Å². The van der Waals surface area contributed by atoms with E-state index in [1.807, 2.05) is 0 Å². The normalized spacial score (nSPS) is 11.2. The van der Waals surface area contributed by atoms with Gasteiger partial charge in [-0.2, -0.15) is 4.39 Å². The molecule has 1 rings (SSSR count). The molecule has 1 aromatic rings. The topological polar surface area (TPSA) is 62.2 Å². The Labute approximate surface area is 87.1 Å². The molecule has 1 heterocycles. The van der Waals surface area contributed by atoms with Gasteiger partial charge in [-0.15, -0.1) is 0 Å². The number of carbonyl (C=O) groups is 1. The van der Waals surface area contributed by atoms with Gasteiger partial charge in [-0.25, -0.2) is 4.98 Å². The second-order valence-corrected chi connectivity index (χ2v) is 3.84. The summed E-state index contributed by atoms with van der Waals surface area (Å²) in [5, 5.41) is 11.5. The summed E-state index contributed by atoms with van der Waals surface area (Å²) in [6.45, 7) is 3.11. The SMILES string of the molecule is CC(C)(CO)NC(=O)c1cccc(F)n1. The molecule has 2 N–H and O–H groups in total. The molecule has 82 valence electrons. The molecule has 5 heteroatoms. The fourth-order valence-corrected chi connectivity index (χ4v) is 0.946. The van der Waals surface area contributed by atoms with Gasteiger partial charge in [0.15, 0.2) is 0 Å². The third-order valence-corrected chi connectivity index (χ3v) is 1.79. The largest absolute Gasteiger partial charge is 0.394 e. The number of amides is 1. The lowest BCUT2D eigenvalue weighted by molar-refractivity contribution is 0.0863. The van der Waals surface area contributed by atoms with Crippen LogP contribution in [0.5, 0.6) is 0 Å². The zero-order valence-electron chi connectivity index (χ0n) is 8.62. The highest BCUT2D eigenvalue weighted by molar-refractivity contribution is 5.92. The van der Waals surface area contributed by atoms with Crippen molar-refractivity contribution < 1.29 is 14.3 Å². The molecule has 0 aliphatic heterocycles. The first-order valence-corrected chi connectivity index (χ1v) is 4.50. The van der Waals surface area contributed by atoms with Crippen LogP contribution in [0.15, 0.2) is 18.2 Å². The zero-order valence-corrected chi connectivity index (χ0v) is 8.62. The van der Waals surface area contributed by atoms with Crippen molar-refractivity contribution in [3.05, 3.63) is 29.8 Å². The molecule has 0 aliphatic rings. The quantitative estimate of drug-likeness (QED) is 0.726. The highest BCUT2D eigenvalue weighted by Gasteiger charge is 2.20. The number of nitrogens with zero attached hydrogens (tertiary/aromatic N) is 1. The minimum Gasteiger partial charge on any atom is -0.394 e. The average Bonchev–Trinajstić information content (AvgIpc) is 2.17. The van der Waals surface area contributed by atoms with E-state index in [2.05, 4.69) is 10.3 Å². The van der Waals surface area contributed by atoms with Crippen LogP contribution in [-0.4, -0.2) is 28.1 Å². The van der Waals surface area contributed by atoms with Crippen LogP contribution in [0.1, 0.15) is 24.3 Å². The lowest BCUT2D eigenvalue weighted by Gasteiger charge is -2.22. The van der Waals surface area contributed by atoms with Crippen molar-refractivity contribution in [3.8, 4) is 0 Å². The average molecular weight is 212 g/mol. The number of hydrogen-bond acceptors (Lipinski definition) is 3. The van der Waals surface area contributed by atoms with Gasteiger partial charge in [0.25, 0.3) is 5.91 Å². The van der Waals surface area contributed by atoms with Crippen LogP contribution in [0, 0.1) is 5.95 Å². The molecule has 4 nitrogen and oxygen atoms in total. The van der Waals surface area contributed by atoms with E-state index in [9.17, 15) is 9.18 Å². The van der Waals surface area contributed by atoms with E-state index < -0.39 is 17.4 Å². The monoisotopic (exact) mass is 212 g/mol. The first-order chi connectivity index (χ1) is 6.94. The summed E-state index contributed by atoms with van der Waals surface area (Å²) < 4.78 is 12.7. The van der Waals surface area contributed by atoms with Crippen LogP contribution in [0.2, 0.25) is 0 Å². The molecule has 0 saturated carbocycles. The van der Waals surface area contributed by atoms with Gasteiger partial charge in [0, 0.05) is 0 Å². The Morgan fingerprint density at radius 3 is 2.80 bits per heavy atom. The summed E-state index contributed by atoms with van der Waals surface area (Å²) in [6, 6.07) is 3.98. The van der Waals surface area contributed by atoms with Crippen molar-refractivity contribution in [2.45, 2.75) is 19.4 Å². The maximum atomic E-state index is 12.7. The van der Waals surface area contributed by atoms with E-state index >= 15 is 0 Å². The molecular weight excluding hydrogens is 199 g/mol. The number of aromatic nitrogens is 1. The smallest absolute Gasteiger partial charge is 0.270 e. The number of hydrogen-bond donors (Lipinski definition) is 2. The summed E-state index contributed by atoms with van der Waals surface area (Å²) in [5.41, 5.74) is -0.748. The summed E-state index contributed by atoms with van der Waals surface area (Å²) in [4.78, 5) is 15.0. The Kier molecular flexibility index (Phi) is 3.36. The molecule has 0 saturated heterocycles. The number of aliphatic hydroxyl groups is 1. The summed E-state index contributed by atoms with van der Waals surface area (Å²) >= 11 is 0. The number of aliphatic hydroxyl groups excluding tert-OH is 1. The van der Waals surface area contributed by atoms with Crippen LogP contribution in [0.3, 0.4) is 0 Å². The van der Waals surface area contributed by atoms with Crippen LogP contribution in [0.4, 0.5) is 4.39 Å². The van der Waals surface area contributed by atoms with Crippen molar-refractivity contribution in [2.24, 2.45) is 0 Å². The van der Waals surface area contributed by atoms with E-state index in [0.29, 0.717) is 0 Å². The van der Waals surface area contributed by atoms with Gasteiger partial charge >= 0.3 is 0 Å². The second-order valence-electron chi connectivity index (χ2n) is 3.84. The highest BCUT2D eigenvalue weighted by Crippen LogP contribution is 2.03. The fourth-order valence-electron chi connectivity index (χ4n) is 0.946. The van der Waals surface area contributed by atoms with Gasteiger partial charge in [-0.05, 0) is 26.0 Å². The van der Waals surface area contributed by atoms with E-state index in [4.69, 9.17) is 5.11 Å². The molecule has 0 atom stereocenters. The molecule has 0 aromatic carbocycles. The molecule has 0 aliphatic carbocycles. The van der Waals surface area contributed by atoms with Crippen molar-refractivity contribution in [2.75, 3.05) is 6.61 Å². The van der Waals surface area contributed by atoms with Gasteiger partial charge in [0.05, 0.1) is 12.1 Å².